The van der Waals surface area contributed by atoms with Gasteiger partial charge in [-0.1, -0.05) is 60.6 Å². The maximum absolute atomic E-state index is 13.3. The van der Waals surface area contributed by atoms with Crippen LogP contribution in [0.25, 0.3) is 0 Å². The van der Waals surface area contributed by atoms with Gasteiger partial charge in [0.2, 0.25) is 5.91 Å². The number of nitrogens with zero attached hydrogens (tertiary/aromatic N) is 3. The second kappa shape index (κ2) is 11.6. The zero-order chi connectivity index (χ0) is 29.5. The molecule has 2 aromatic carbocycles. The molecule has 0 aliphatic carbocycles. The lowest BCUT2D eigenvalue weighted by atomic mass is 9.77. The average Bonchev–Trinajstić information content (AvgIpc) is 3.48. The van der Waals surface area contributed by atoms with Crippen molar-refractivity contribution in [2.45, 2.75) is 49.3 Å². The van der Waals surface area contributed by atoms with Gasteiger partial charge in [0.25, 0.3) is 5.69 Å². The predicted octanol–water partition coefficient (Wildman–Crippen LogP) is 4.06. The van der Waals surface area contributed by atoms with Crippen molar-refractivity contribution in [1.82, 2.24) is 9.80 Å². The van der Waals surface area contributed by atoms with Crippen LogP contribution in [0, 0.1) is 23.0 Å². The fraction of sp³-hybridized carbons (Fsp3) is 0.414. The van der Waals surface area contributed by atoms with Gasteiger partial charge in [0.05, 0.1) is 27.7 Å². The number of Topliss-reactive ketones (excluding diaryl/α,β-unsaturated/α-hetero) is 1. The Labute approximate surface area is 245 Å². The van der Waals surface area contributed by atoms with E-state index in [-0.39, 0.29) is 35.4 Å². The monoisotopic (exact) mass is 597 g/mol. The molecule has 0 aromatic heterocycles. The van der Waals surface area contributed by atoms with Gasteiger partial charge in [-0.2, -0.15) is 0 Å². The Morgan fingerprint density at radius 2 is 1.88 bits per heavy atom. The third kappa shape index (κ3) is 5.53. The van der Waals surface area contributed by atoms with Crippen LogP contribution in [0.2, 0.25) is 0 Å². The lowest BCUT2D eigenvalue weighted by molar-refractivity contribution is -0.384. The van der Waals surface area contributed by atoms with Gasteiger partial charge in [-0.15, -0.1) is 11.8 Å². The Balaban J connectivity index is 1.35. The summed E-state index contributed by atoms with van der Waals surface area (Å²) in [6, 6.07) is 13.4. The Kier molecular flexibility index (Phi) is 8.29. The molecule has 4 atom stereocenters. The fourth-order valence-electron chi connectivity index (χ4n) is 5.74. The van der Waals surface area contributed by atoms with Gasteiger partial charge < -0.3 is 10.2 Å². The molecule has 0 bridgehead atoms. The summed E-state index contributed by atoms with van der Waals surface area (Å²) in [5.74, 6) is -2.43. The highest BCUT2D eigenvalue weighted by atomic mass is 32.2. The number of amides is 1. The van der Waals surface area contributed by atoms with Crippen molar-refractivity contribution in [3.8, 4) is 0 Å². The van der Waals surface area contributed by atoms with Crippen molar-refractivity contribution in [3.05, 3.63) is 85.3 Å². The number of hydrogen-bond donors (Lipinski definition) is 2. The molecule has 0 radical (unpaired) electrons. The molecule has 2 fully saturated rings. The molecule has 41 heavy (non-hydrogen) atoms. The zero-order valence-corrected chi connectivity index (χ0v) is 24.3. The van der Waals surface area contributed by atoms with Crippen LogP contribution in [0.15, 0.2) is 58.5 Å². The van der Waals surface area contributed by atoms with E-state index in [4.69, 9.17) is 0 Å². The van der Waals surface area contributed by atoms with Crippen LogP contribution >= 0.6 is 23.5 Å². The second-order valence-corrected chi connectivity index (χ2v) is 13.6. The molecule has 1 unspecified atom stereocenters. The number of ketones is 1. The van der Waals surface area contributed by atoms with Crippen LogP contribution in [-0.4, -0.2) is 78.5 Å². The number of carboxylic acids is 1. The number of hydrogen-bond acceptors (Lipinski definition) is 9. The van der Waals surface area contributed by atoms with Crippen LogP contribution in [0.4, 0.5) is 5.69 Å². The first kappa shape index (κ1) is 29.3. The number of non-ortho nitro benzene ring substituents is 1. The van der Waals surface area contributed by atoms with Gasteiger partial charge >= 0.3 is 5.97 Å². The summed E-state index contributed by atoms with van der Waals surface area (Å²) in [4.78, 5) is 51.6. The van der Waals surface area contributed by atoms with Crippen LogP contribution in [0.1, 0.15) is 41.3 Å². The smallest absolute Gasteiger partial charge is 0.354 e. The number of carbonyl (C=O) groups excluding carboxylic acids is 2. The zero-order valence-electron chi connectivity index (χ0n) is 22.7. The molecule has 10 nitrogen and oxygen atoms in total. The van der Waals surface area contributed by atoms with E-state index in [2.05, 4.69) is 4.90 Å². The van der Waals surface area contributed by atoms with Crippen molar-refractivity contribution >= 4 is 46.9 Å². The third-order valence-corrected chi connectivity index (χ3v) is 10.9. The molecule has 3 heterocycles. The van der Waals surface area contributed by atoms with E-state index >= 15 is 0 Å². The minimum atomic E-state index is -1.22. The van der Waals surface area contributed by atoms with E-state index in [0.29, 0.717) is 34.9 Å². The standard InChI is InChI=1S/C29H31N3O7S2/c1-3-22(33)24-26(35)31-25(27(36)37)28(41-29(24,31)14-18-6-10-20(11-7-18)32(38)39)40-21-12-13-30(15-21)16-23(34)19-8-4-17(2)5-9-19/h4-11,21-22,24,33H,3,12-16H2,1-2H3,(H,36,37)/t21?,22-,24+,29+/m0/s1. The molecular formula is C29H31N3O7S2. The number of nitro benzene ring substituents is 1. The molecule has 2 N–H and O–H groups in total. The minimum Gasteiger partial charge on any atom is -0.477 e. The highest BCUT2D eigenvalue weighted by molar-refractivity contribution is 8.23. The number of benzene rings is 2. The van der Waals surface area contributed by atoms with E-state index in [9.17, 15) is 34.7 Å². The predicted molar refractivity (Wildman–Crippen MR) is 156 cm³/mol. The van der Waals surface area contributed by atoms with E-state index in [1.54, 1.807) is 19.1 Å². The number of β-lactam (4-membered cyclic amide) rings is 1. The van der Waals surface area contributed by atoms with Gasteiger partial charge in [0.15, 0.2) is 11.5 Å². The normalized spacial score (nSPS) is 24.8. The summed E-state index contributed by atoms with van der Waals surface area (Å²) < 4.78 is 0.510. The molecule has 0 saturated carbocycles. The quantitative estimate of drug-likeness (QED) is 0.169. The lowest BCUT2D eigenvalue weighted by Gasteiger charge is -2.54. The van der Waals surface area contributed by atoms with E-state index in [1.165, 1.54) is 40.6 Å². The van der Waals surface area contributed by atoms with Crippen LogP contribution in [0.5, 0.6) is 0 Å². The Morgan fingerprint density at radius 1 is 1.20 bits per heavy atom. The summed E-state index contributed by atoms with van der Waals surface area (Å²) in [7, 11) is 0. The van der Waals surface area contributed by atoms with Crippen LogP contribution in [0.3, 0.4) is 0 Å². The van der Waals surface area contributed by atoms with Crippen molar-refractivity contribution in [1.29, 1.82) is 0 Å². The molecule has 0 spiro atoms. The summed E-state index contributed by atoms with van der Waals surface area (Å²) in [6.07, 6.45) is 0.349. The van der Waals surface area contributed by atoms with Gasteiger partial charge in [-0.05, 0) is 31.9 Å². The number of likely N-dealkylation sites (tertiary alicyclic amines) is 1. The number of aryl methyl sites for hydroxylation is 1. The maximum atomic E-state index is 13.3. The molecule has 2 aromatic rings. The summed E-state index contributed by atoms with van der Waals surface area (Å²) in [6.45, 7) is 5.31. The van der Waals surface area contributed by atoms with E-state index < -0.39 is 33.7 Å². The number of fused-ring (bicyclic) bond motifs is 1. The number of aliphatic hydroxyl groups excluding tert-OH is 1. The minimum absolute atomic E-state index is 0.0254. The van der Waals surface area contributed by atoms with Gasteiger partial charge in [0.1, 0.15) is 4.87 Å². The summed E-state index contributed by atoms with van der Waals surface area (Å²) >= 11 is 2.70. The fourth-order valence-corrected chi connectivity index (χ4v) is 9.37. The van der Waals surface area contributed by atoms with Crippen molar-refractivity contribution in [3.63, 3.8) is 0 Å². The highest BCUT2D eigenvalue weighted by Gasteiger charge is 2.68. The first-order chi connectivity index (χ1) is 19.5. The highest BCUT2D eigenvalue weighted by Crippen LogP contribution is 2.63. The summed E-state index contributed by atoms with van der Waals surface area (Å²) in [5, 5.41) is 32.2. The van der Waals surface area contributed by atoms with Crippen LogP contribution in [-0.2, 0) is 16.0 Å². The van der Waals surface area contributed by atoms with Crippen molar-refractivity contribution < 1.29 is 29.5 Å². The first-order valence-electron chi connectivity index (χ1n) is 13.4. The van der Waals surface area contributed by atoms with Crippen molar-refractivity contribution in [2.24, 2.45) is 5.92 Å². The first-order valence-corrected chi connectivity index (χ1v) is 15.1. The number of thioether (sulfide) groups is 2. The van der Waals surface area contributed by atoms with Gasteiger partial charge in [-0.25, -0.2) is 4.79 Å². The number of carboxylic acid groups (broad SMARTS) is 1. The van der Waals surface area contributed by atoms with E-state index in [1.807, 2.05) is 31.2 Å². The van der Waals surface area contributed by atoms with Gasteiger partial charge in [0, 0.05) is 35.9 Å². The number of aliphatic carboxylic acids is 1. The molecular weight excluding hydrogens is 566 g/mol. The summed E-state index contributed by atoms with van der Waals surface area (Å²) in [5.41, 5.74) is 2.29. The molecule has 216 valence electrons. The van der Waals surface area contributed by atoms with Gasteiger partial charge in [-0.3, -0.25) is 29.5 Å². The number of nitro groups is 1. The maximum Gasteiger partial charge on any atom is 0.354 e. The number of carbonyl (C=O) groups is 3. The molecule has 2 saturated heterocycles. The molecule has 1 amide bonds. The lowest BCUT2D eigenvalue weighted by Crippen LogP contribution is -2.71. The molecule has 5 rings (SSSR count). The second-order valence-electron chi connectivity index (χ2n) is 10.7. The Hall–Kier alpha value is -3.19. The third-order valence-electron chi connectivity index (χ3n) is 7.89. The Morgan fingerprint density at radius 3 is 2.49 bits per heavy atom. The molecule has 3 aliphatic heterocycles. The average molecular weight is 598 g/mol. The largest absolute Gasteiger partial charge is 0.477 e. The number of aliphatic hydroxyl groups is 1. The topological polar surface area (TPSA) is 141 Å². The number of rotatable bonds is 11. The molecule has 12 heteroatoms. The SMILES string of the molecule is CC[C@H](O)[C@@H]1C(=O)N2C(C(=O)O)=C(SC3CCN(CC(=O)c4ccc(C)cc4)C3)S[C@]12Cc1ccc([N+](=O)[O-])cc1. The van der Waals surface area contributed by atoms with E-state index in [0.717, 1.165) is 12.0 Å². The van der Waals surface area contributed by atoms with Crippen LogP contribution < -0.4 is 0 Å². The van der Waals surface area contributed by atoms with Crippen molar-refractivity contribution in [2.75, 3.05) is 19.6 Å². The molecule has 3 aliphatic rings. The Bertz CT molecular complexity index is 1410.